The third-order valence-corrected chi connectivity index (χ3v) is 5.08. The smallest absolute Gasteiger partial charge is 0.308 e. The molecule has 0 aromatic heterocycles. The lowest BCUT2D eigenvalue weighted by Gasteiger charge is -2.43. The van der Waals surface area contributed by atoms with E-state index in [1.54, 1.807) is 0 Å². The monoisotopic (exact) mass is 281 g/mol. The van der Waals surface area contributed by atoms with E-state index in [2.05, 4.69) is 11.9 Å². The average Bonchev–Trinajstić information content (AvgIpc) is 2.42. The van der Waals surface area contributed by atoms with E-state index < -0.39 is 0 Å². The summed E-state index contributed by atoms with van der Waals surface area (Å²) in [7, 11) is 2.23. The lowest BCUT2D eigenvalue weighted by Crippen LogP contribution is -2.47. The molecular formula is C17H31NO2. The highest BCUT2D eigenvalue weighted by Gasteiger charge is 2.39. The first-order valence-electron chi connectivity index (χ1n) is 8.45. The highest BCUT2D eigenvalue weighted by Crippen LogP contribution is 2.38. The molecule has 0 bridgehead atoms. The summed E-state index contributed by atoms with van der Waals surface area (Å²) in [6, 6.07) is 0.599. The predicted molar refractivity (Wildman–Crippen MR) is 81.6 cm³/mol. The van der Waals surface area contributed by atoms with Crippen molar-refractivity contribution in [3.8, 4) is 0 Å². The van der Waals surface area contributed by atoms with Crippen molar-refractivity contribution in [1.29, 1.82) is 0 Å². The first-order valence-corrected chi connectivity index (χ1v) is 8.45. The summed E-state index contributed by atoms with van der Waals surface area (Å²) in [5.74, 6) is -0.0248. The Hall–Kier alpha value is -0.570. The average molecular weight is 281 g/mol. The number of carbonyl (C=O) groups is 1. The number of carbonyl (C=O) groups excluding carboxylic acids is 1. The van der Waals surface area contributed by atoms with Gasteiger partial charge in [-0.05, 0) is 52.1 Å². The summed E-state index contributed by atoms with van der Waals surface area (Å²) < 4.78 is 6.03. The van der Waals surface area contributed by atoms with Gasteiger partial charge in [-0.25, -0.2) is 0 Å². The van der Waals surface area contributed by atoms with Crippen LogP contribution in [0.4, 0.5) is 0 Å². The van der Waals surface area contributed by atoms with Crippen molar-refractivity contribution < 1.29 is 9.53 Å². The molecule has 0 N–H and O–H groups in total. The standard InChI is InChI=1S/C17H31NO2/c1-14(2)16(19)20-17(10-6-4-7-11-17)13-15-9-5-8-12-18(15)3/h14-15H,4-13H2,1-3H3/t15-/m0/s1. The van der Waals surface area contributed by atoms with Gasteiger partial charge in [-0.2, -0.15) is 0 Å². The van der Waals surface area contributed by atoms with Crippen molar-refractivity contribution >= 4 is 5.97 Å². The van der Waals surface area contributed by atoms with E-state index in [1.807, 2.05) is 13.8 Å². The van der Waals surface area contributed by atoms with Gasteiger partial charge in [0.25, 0.3) is 0 Å². The summed E-state index contributed by atoms with van der Waals surface area (Å²) in [5, 5.41) is 0. The van der Waals surface area contributed by atoms with Gasteiger partial charge in [0.1, 0.15) is 5.60 Å². The third kappa shape index (κ3) is 3.97. The van der Waals surface area contributed by atoms with Crippen molar-refractivity contribution in [2.24, 2.45) is 5.92 Å². The molecule has 0 aromatic rings. The molecule has 2 fully saturated rings. The molecule has 0 amide bonds. The summed E-state index contributed by atoms with van der Waals surface area (Å²) >= 11 is 0. The van der Waals surface area contributed by atoms with E-state index in [1.165, 1.54) is 45.1 Å². The van der Waals surface area contributed by atoms with Crippen molar-refractivity contribution in [3.05, 3.63) is 0 Å². The Morgan fingerprint density at radius 3 is 2.50 bits per heavy atom. The molecule has 1 saturated carbocycles. The van der Waals surface area contributed by atoms with E-state index >= 15 is 0 Å². The van der Waals surface area contributed by atoms with Crippen LogP contribution in [0.25, 0.3) is 0 Å². The Bertz CT molecular complexity index is 321. The Labute approximate surface area is 124 Å². The minimum Gasteiger partial charge on any atom is -0.459 e. The number of likely N-dealkylation sites (tertiary alicyclic amines) is 1. The molecule has 1 heterocycles. The fourth-order valence-electron chi connectivity index (χ4n) is 3.71. The van der Waals surface area contributed by atoms with Gasteiger partial charge in [-0.3, -0.25) is 4.79 Å². The quantitative estimate of drug-likeness (QED) is 0.735. The second-order valence-corrected chi connectivity index (χ2v) is 7.15. The van der Waals surface area contributed by atoms with Crippen LogP contribution in [0.3, 0.4) is 0 Å². The lowest BCUT2D eigenvalue weighted by molar-refractivity contribution is -0.170. The van der Waals surface area contributed by atoms with E-state index in [0.717, 1.165) is 19.3 Å². The summed E-state index contributed by atoms with van der Waals surface area (Å²) in [5.41, 5.74) is -0.171. The molecule has 3 heteroatoms. The van der Waals surface area contributed by atoms with Crippen LogP contribution in [0, 0.1) is 5.92 Å². The molecule has 1 aliphatic carbocycles. The van der Waals surface area contributed by atoms with E-state index in [0.29, 0.717) is 6.04 Å². The number of rotatable bonds is 4. The molecule has 2 rings (SSSR count). The molecule has 0 unspecified atom stereocenters. The first-order chi connectivity index (χ1) is 9.52. The molecule has 0 aromatic carbocycles. The Morgan fingerprint density at radius 1 is 1.20 bits per heavy atom. The van der Waals surface area contributed by atoms with Crippen LogP contribution in [0.5, 0.6) is 0 Å². The van der Waals surface area contributed by atoms with Gasteiger partial charge in [0.05, 0.1) is 5.92 Å². The SMILES string of the molecule is CC(C)C(=O)OC1(C[C@@H]2CCCCN2C)CCCCC1. The molecule has 3 nitrogen and oxygen atoms in total. The van der Waals surface area contributed by atoms with Gasteiger partial charge < -0.3 is 9.64 Å². The molecule has 20 heavy (non-hydrogen) atoms. The maximum atomic E-state index is 12.1. The van der Waals surface area contributed by atoms with Gasteiger partial charge in [0.2, 0.25) is 0 Å². The molecule has 0 spiro atoms. The summed E-state index contributed by atoms with van der Waals surface area (Å²) in [6.45, 7) is 5.07. The molecule has 1 saturated heterocycles. The van der Waals surface area contributed by atoms with Crippen molar-refractivity contribution in [1.82, 2.24) is 4.90 Å². The van der Waals surface area contributed by atoms with Gasteiger partial charge in [-0.15, -0.1) is 0 Å². The number of hydrogen-bond acceptors (Lipinski definition) is 3. The summed E-state index contributed by atoms with van der Waals surface area (Å²) in [6.07, 6.45) is 10.8. The minimum absolute atomic E-state index is 0.00892. The second-order valence-electron chi connectivity index (χ2n) is 7.15. The minimum atomic E-state index is -0.171. The molecule has 0 radical (unpaired) electrons. The van der Waals surface area contributed by atoms with Crippen LogP contribution in [-0.2, 0) is 9.53 Å². The zero-order chi connectivity index (χ0) is 14.6. The topological polar surface area (TPSA) is 29.5 Å². The fourth-order valence-corrected chi connectivity index (χ4v) is 3.71. The fraction of sp³-hybridized carbons (Fsp3) is 0.941. The van der Waals surface area contributed by atoms with E-state index in [-0.39, 0.29) is 17.5 Å². The second kappa shape index (κ2) is 6.93. The van der Waals surface area contributed by atoms with Gasteiger partial charge in [0, 0.05) is 12.5 Å². The van der Waals surface area contributed by atoms with Crippen molar-refractivity contribution in [2.75, 3.05) is 13.6 Å². The van der Waals surface area contributed by atoms with E-state index in [9.17, 15) is 4.79 Å². The zero-order valence-electron chi connectivity index (χ0n) is 13.5. The van der Waals surface area contributed by atoms with E-state index in [4.69, 9.17) is 4.74 Å². The number of ether oxygens (including phenoxy) is 1. The highest BCUT2D eigenvalue weighted by atomic mass is 16.6. The van der Waals surface area contributed by atoms with Crippen molar-refractivity contribution in [2.45, 2.75) is 83.3 Å². The largest absolute Gasteiger partial charge is 0.459 e. The molecular weight excluding hydrogens is 250 g/mol. The Kier molecular flexibility index (Phi) is 5.48. The van der Waals surface area contributed by atoms with Crippen LogP contribution in [-0.4, -0.2) is 36.1 Å². The van der Waals surface area contributed by atoms with Crippen LogP contribution < -0.4 is 0 Å². The van der Waals surface area contributed by atoms with Crippen LogP contribution in [0.1, 0.15) is 71.6 Å². The Morgan fingerprint density at radius 2 is 1.90 bits per heavy atom. The van der Waals surface area contributed by atoms with Crippen LogP contribution >= 0.6 is 0 Å². The van der Waals surface area contributed by atoms with Crippen LogP contribution in [0.15, 0.2) is 0 Å². The highest BCUT2D eigenvalue weighted by molar-refractivity contribution is 5.72. The number of piperidine rings is 1. The predicted octanol–water partition coefficient (Wildman–Crippen LogP) is 3.76. The molecule has 1 aliphatic heterocycles. The molecule has 116 valence electrons. The van der Waals surface area contributed by atoms with Crippen LogP contribution in [0.2, 0.25) is 0 Å². The first kappa shape index (κ1) is 15.8. The maximum absolute atomic E-state index is 12.1. The number of esters is 1. The van der Waals surface area contributed by atoms with Crippen molar-refractivity contribution in [3.63, 3.8) is 0 Å². The number of nitrogens with zero attached hydrogens (tertiary/aromatic N) is 1. The number of hydrogen-bond donors (Lipinski definition) is 0. The van der Waals surface area contributed by atoms with Gasteiger partial charge in [0.15, 0.2) is 0 Å². The Balaban J connectivity index is 2.03. The summed E-state index contributed by atoms with van der Waals surface area (Å²) in [4.78, 5) is 14.6. The normalized spacial score (nSPS) is 27.5. The lowest BCUT2D eigenvalue weighted by atomic mass is 9.78. The molecule has 2 aliphatic rings. The maximum Gasteiger partial charge on any atom is 0.308 e. The zero-order valence-corrected chi connectivity index (χ0v) is 13.5. The molecule has 1 atom stereocenters. The third-order valence-electron chi connectivity index (χ3n) is 5.08. The van der Waals surface area contributed by atoms with Gasteiger partial charge >= 0.3 is 5.97 Å². The van der Waals surface area contributed by atoms with Gasteiger partial charge in [-0.1, -0.05) is 26.7 Å².